The molecule has 0 fully saturated rings. The van der Waals surface area contributed by atoms with E-state index in [-0.39, 0.29) is 0 Å². The van der Waals surface area contributed by atoms with Gasteiger partial charge in [0.2, 0.25) is 0 Å². The van der Waals surface area contributed by atoms with Crippen LogP contribution in [0, 0.1) is 11.8 Å². The van der Waals surface area contributed by atoms with E-state index in [1.165, 1.54) is 12.8 Å². The van der Waals surface area contributed by atoms with E-state index in [4.69, 9.17) is 0 Å². The van der Waals surface area contributed by atoms with Gasteiger partial charge in [0, 0.05) is 0 Å². The summed E-state index contributed by atoms with van der Waals surface area (Å²) in [7, 11) is 0. The Morgan fingerprint density at radius 2 is 1.60 bits per heavy atom. The zero-order valence-corrected chi connectivity index (χ0v) is 6.88. The Labute approximate surface area is 63.6 Å². The van der Waals surface area contributed by atoms with Gasteiger partial charge in [-0.3, -0.25) is 0 Å². The Morgan fingerprint density at radius 1 is 1.10 bits per heavy atom. The summed E-state index contributed by atoms with van der Waals surface area (Å²) in [4.78, 5) is 0. The lowest BCUT2D eigenvalue weighted by Crippen LogP contribution is -2.05. The lowest BCUT2D eigenvalue weighted by atomic mass is 9.90. The predicted molar refractivity (Wildman–Crippen MR) is 45.8 cm³/mol. The average molecular weight is 136 g/mol. The van der Waals surface area contributed by atoms with Crippen LogP contribution in [0.3, 0.4) is 0 Å². The second-order valence-corrected chi connectivity index (χ2v) is 3.33. The van der Waals surface area contributed by atoms with Gasteiger partial charge >= 0.3 is 0 Å². The van der Waals surface area contributed by atoms with Crippen LogP contribution in [0.4, 0.5) is 0 Å². The maximum atomic E-state index is 2.30. The summed E-state index contributed by atoms with van der Waals surface area (Å²) in [6.45, 7) is 4.61. The smallest absolute Gasteiger partial charge is 0.0314 e. The largest absolute Gasteiger partial charge is 0.0843 e. The van der Waals surface area contributed by atoms with Crippen LogP contribution in [0.5, 0.6) is 0 Å². The SMILES string of the molecule is CC(C)C1CC=CC=CC1. The molecule has 0 unspecified atom stereocenters. The summed E-state index contributed by atoms with van der Waals surface area (Å²) < 4.78 is 0. The molecule has 0 aromatic heterocycles. The highest BCUT2D eigenvalue weighted by Gasteiger charge is 2.10. The van der Waals surface area contributed by atoms with Gasteiger partial charge in [-0.25, -0.2) is 0 Å². The normalized spacial score (nSPS) is 19.9. The summed E-state index contributed by atoms with van der Waals surface area (Å²) in [5.74, 6) is 1.70. The van der Waals surface area contributed by atoms with Crippen molar-refractivity contribution in [2.24, 2.45) is 11.8 Å². The van der Waals surface area contributed by atoms with Crippen LogP contribution in [0.1, 0.15) is 26.7 Å². The van der Waals surface area contributed by atoms with E-state index in [1.54, 1.807) is 0 Å². The molecule has 0 aromatic carbocycles. The summed E-state index contributed by atoms with van der Waals surface area (Å²) in [5, 5.41) is 0. The number of hydrogen-bond donors (Lipinski definition) is 0. The van der Waals surface area contributed by atoms with Gasteiger partial charge in [-0.1, -0.05) is 38.2 Å². The first-order valence-corrected chi connectivity index (χ1v) is 4.12. The first-order valence-electron chi connectivity index (χ1n) is 4.12. The van der Waals surface area contributed by atoms with Crippen molar-refractivity contribution in [3.8, 4) is 0 Å². The fraction of sp³-hybridized carbons (Fsp3) is 0.600. The monoisotopic (exact) mass is 136 g/mol. The van der Waals surface area contributed by atoms with E-state index in [0.29, 0.717) is 0 Å². The molecule has 1 aliphatic carbocycles. The molecule has 1 aliphatic rings. The molecule has 56 valence electrons. The number of allylic oxidation sites excluding steroid dienone is 4. The molecular weight excluding hydrogens is 120 g/mol. The van der Waals surface area contributed by atoms with Crippen LogP contribution in [-0.4, -0.2) is 0 Å². The minimum atomic E-state index is 0.826. The molecule has 0 spiro atoms. The third-order valence-electron chi connectivity index (χ3n) is 2.20. The van der Waals surface area contributed by atoms with Crippen molar-refractivity contribution in [1.82, 2.24) is 0 Å². The van der Waals surface area contributed by atoms with E-state index >= 15 is 0 Å². The minimum absolute atomic E-state index is 0.826. The van der Waals surface area contributed by atoms with Crippen LogP contribution in [0.15, 0.2) is 24.3 Å². The van der Waals surface area contributed by atoms with E-state index in [9.17, 15) is 0 Å². The number of hydrogen-bond acceptors (Lipinski definition) is 0. The standard InChI is InChI=1S/C10H16/c1-9(2)10-7-5-3-4-6-8-10/h3-6,9-10H,7-8H2,1-2H3. The van der Waals surface area contributed by atoms with Gasteiger partial charge in [0.15, 0.2) is 0 Å². The van der Waals surface area contributed by atoms with E-state index in [2.05, 4.69) is 38.2 Å². The molecule has 0 aromatic rings. The molecule has 0 N–H and O–H groups in total. The van der Waals surface area contributed by atoms with Gasteiger partial charge in [-0.05, 0) is 24.7 Å². The highest BCUT2D eigenvalue weighted by molar-refractivity contribution is 5.06. The lowest BCUT2D eigenvalue weighted by molar-refractivity contribution is 0.394. The number of rotatable bonds is 1. The topological polar surface area (TPSA) is 0 Å². The van der Waals surface area contributed by atoms with Gasteiger partial charge in [0.05, 0.1) is 0 Å². The maximum absolute atomic E-state index is 2.30. The highest BCUT2D eigenvalue weighted by atomic mass is 14.1. The van der Waals surface area contributed by atoms with Crippen molar-refractivity contribution < 1.29 is 0 Å². The second-order valence-electron chi connectivity index (χ2n) is 3.33. The molecule has 10 heavy (non-hydrogen) atoms. The van der Waals surface area contributed by atoms with Crippen molar-refractivity contribution >= 4 is 0 Å². The van der Waals surface area contributed by atoms with Crippen molar-refractivity contribution in [2.45, 2.75) is 26.7 Å². The van der Waals surface area contributed by atoms with Gasteiger partial charge in [-0.15, -0.1) is 0 Å². The highest BCUT2D eigenvalue weighted by Crippen LogP contribution is 2.21. The zero-order valence-electron chi connectivity index (χ0n) is 6.88. The Bertz CT molecular complexity index is 126. The van der Waals surface area contributed by atoms with Gasteiger partial charge in [0.1, 0.15) is 0 Å². The molecule has 0 saturated heterocycles. The maximum Gasteiger partial charge on any atom is -0.0314 e. The Hall–Kier alpha value is -0.520. The molecule has 0 aliphatic heterocycles. The third-order valence-corrected chi connectivity index (χ3v) is 2.20. The summed E-state index contributed by atoms with van der Waals surface area (Å²) in [6, 6.07) is 0. The Morgan fingerprint density at radius 3 is 2.00 bits per heavy atom. The molecular formula is C10H16. The van der Waals surface area contributed by atoms with Gasteiger partial charge in [-0.2, -0.15) is 0 Å². The van der Waals surface area contributed by atoms with Crippen LogP contribution in [0.2, 0.25) is 0 Å². The molecule has 0 heterocycles. The van der Waals surface area contributed by atoms with Gasteiger partial charge in [0.25, 0.3) is 0 Å². The van der Waals surface area contributed by atoms with Crippen LogP contribution >= 0.6 is 0 Å². The van der Waals surface area contributed by atoms with Crippen LogP contribution in [-0.2, 0) is 0 Å². The summed E-state index contributed by atoms with van der Waals surface area (Å²) >= 11 is 0. The van der Waals surface area contributed by atoms with Crippen molar-refractivity contribution in [3.05, 3.63) is 24.3 Å². The molecule has 1 rings (SSSR count). The van der Waals surface area contributed by atoms with Crippen LogP contribution in [0.25, 0.3) is 0 Å². The predicted octanol–water partition coefficient (Wildman–Crippen LogP) is 3.16. The summed E-state index contributed by atoms with van der Waals surface area (Å²) in [6.07, 6.45) is 11.4. The fourth-order valence-electron chi connectivity index (χ4n) is 1.30. The van der Waals surface area contributed by atoms with E-state index in [1.807, 2.05) is 0 Å². The van der Waals surface area contributed by atoms with Crippen molar-refractivity contribution in [1.29, 1.82) is 0 Å². The molecule has 0 atom stereocenters. The molecule has 0 heteroatoms. The summed E-state index contributed by atoms with van der Waals surface area (Å²) in [5.41, 5.74) is 0. The van der Waals surface area contributed by atoms with Crippen LogP contribution < -0.4 is 0 Å². The van der Waals surface area contributed by atoms with Crippen molar-refractivity contribution in [3.63, 3.8) is 0 Å². The third kappa shape index (κ3) is 2.02. The fourth-order valence-corrected chi connectivity index (χ4v) is 1.30. The zero-order chi connectivity index (χ0) is 7.40. The minimum Gasteiger partial charge on any atom is -0.0843 e. The lowest BCUT2D eigenvalue weighted by Gasteiger charge is -2.15. The van der Waals surface area contributed by atoms with Gasteiger partial charge < -0.3 is 0 Å². The first kappa shape index (κ1) is 7.59. The van der Waals surface area contributed by atoms with Crippen molar-refractivity contribution in [2.75, 3.05) is 0 Å². The average Bonchev–Trinajstić information content (AvgIpc) is 2.12. The molecule has 0 bridgehead atoms. The molecule has 0 radical (unpaired) electrons. The molecule has 0 saturated carbocycles. The Kier molecular flexibility index (Phi) is 2.73. The van der Waals surface area contributed by atoms with E-state index < -0.39 is 0 Å². The molecule has 0 nitrogen and oxygen atoms in total. The van der Waals surface area contributed by atoms with E-state index in [0.717, 1.165) is 11.8 Å². The molecule has 0 amide bonds. The first-order chi connectivity index (χ1) is 4.80. The second kappa shape index (κ2) is 3.60. The quantitative estimate of drug-likeness (QED) is 0.519. The Balaban J connectivity index is 2.47.